The highest BCUT2D eigenvalue weighted by atomic mass is 35.5. The van der Waals surface area contributed by atoms with E-state index in [1.807, 2.05) is 28.8 Å². The summed E-state index contributed by atoms with van der Waals surface area (Å²) in [5.74, 6) is 1.33. The zero-order chi connectivity index (χ0) is 18.1. The summed E-state index contributed by atoms with van der Waals surface area (Å²) in [6.07, 6.45) is 0. The van der Waals surface area contributed by atoms with Crippen molar-refractivity contribution in [2.45, 2.75) is 25.5 Å². The highest BCUT2D eigenvalue weighted by Gasteiger charge is 2.18. The van der Waals surface area contributed by atoms with Crippen molar-refractivity contribution in [3.63, 3.8) is 0 Å². The summed E-state index contributed by atoms with van der Waals surface area (Å²) in [4.78, 5) is 31.2. The fourth-order valence-electron chi connectivity index (χ4n) is 2.51. The summed E-state index contributed by atoms with van der Waals surface area (Å²) in [6.45, 7) is 4.66. The van der Waals surface area contributed by atoms with Gasteiger partial charge in [-0.1, -0.05) is 55.4 Å². The highest BCUT2D eigenvalue weighted by molar-refractivity contribution is 7.99. The molecule has 0 fully saturated rings. The maximum atomic E-state index is 12.4. The van der Waals surface area contributed by atoms with Crippen LogP contribution in [0.1, 0.15) is 19.4 Å². The molecule has 0 atom stereocenters. The Morgan fingerprint density at radius 3 is 2.68 bits per heavy atom. The lowest BCUT2D eigenvalue weighted by Crippen LogP contribution is -2.29. The first-order valence-electron chi connectivity index (χ1n) is 7.94. The molecule has 0 saturated carbocycles. The minimum atomic E-state index is -0.472. The van der Waals surface area contributed by atoms with Crippen LogP contribution in [0, 0.1) is 5.92 Å². The number of fused-ring (bicyclic) bond motifs is 1. The highest BCUT2D eigenvalue weighted by Crippen LogP contribution is 2.26. The lowest BCUT2D eigenvalue weighted by molar-refractivity contribution is 0.715. The minimum absolute atomic E-state index is 0.382. The molecule has 0 radical (unpaired) electrons. The van der Waals surface area contributed by atoms with Gasteiger partial charge in [0.2, 0.25) is 0 Å². The molecule has 0 saturated heterocycles. The van der Waals surface area contributed by atoms with Crippen molar-refractivity contribution in [3.05, 3.63) is 55.7 Å². The number of aromatic amines is 1. The number of nitrogens with zero attached hydrogens (tertiary/aromatic N) is 3. The predicted molar refractivity (Wildman–Crippen MR) is 102 cm³/mol. The van der Waals surface area contributed by atoms with Crippen LogP contribution in [-0.4, -0.2) is 24.9 Å². The number of hydrogen-bond donors (Lipinski definition) is 1. The van der Waals surface area contributed by atoms with Gasteiger partial charge in [0.15, 0.2) is 16.3 Å². The third-order valence-electron chi connectivity index (χ3n) is 3.80. The molecule has 0 bridgehead atoms. The summed E-state index contributed by atoms with van der Waals surface area (Å²) < 4.78 is 3.20. The van der Waals surface area contributed by atoms with E-state index in [-0.39, 0.29) is 0 Å². The minimum Gasteiger partial charge on any atom is -0.309 e. The number of benzene rings is 1. The molecule has 0 spiro atoms. The zero-order valence-corrected chi connectivity index (χ0v) is 15.8. The van der Waals surface area contributed by atoms with Crippen LogP contribution in [0.5, 0.6) is 0 Å². The first kappa shape index (κ1) is 17.8. The number of rotatable bonds is 5. The Labute approximate surface area is 153 Å². The van der Waals surface area contributed by atoms with E-state index >= 15 is 0 Å². The average Bonchev–Trinajstić information content (AvgIpc) is 2.92. The Morgan fingerprint density at radius 2 is 2.00 bits per heavy atom. The second-order valence-electron chi connectivity index (χ2n) is 6.27. The van der Waals surface area contributed by atoms with Gasteiger partial charge in [0.05, 0.1) is 6.54 Å². The first-order valence-corrected chi connectivity index (χ1v) is 9.30. The van der Waals surface area contributed by atoms with E-state index in [9.17, 15) is 9.59 Å². The molecule has 3 rings (SSSR count). The molecule has 3 aromatic rings. The first-order chi connectivity index (χ1) is 11.9. The van der Waals surface area contributed by atoms with Gasteiger partial charge >= 0.3 is 5.69 Å². The van der Waals surface area contributed by atoms with E-state index in [0.717, 1.165) is 11.3 Å². The average molecular weight is 379 g/mol. The predicted octanol–water partition coefficient (Wildman–Crippen LogP) is 2.87. The Bertz CT molecular complexity index is 1040. The molecule has 0 aliphatic rings. The van der Waals surface area contributed by atoms with Crippen LogP contribution < -0.4 is 11.2 Å². The number of nitrogens with one attached hydrogen (secondary N) is 1. The molecule has 6 nitrogen and oxygen atoms in total. The maximum Gasteiger partial charge on any atom is 0.329 e. The van der Waals surface area contributed by atoms with Crippen LogP contribution >= 0.6 is 23.4 Å². The molecule has 0 unspecified atom stereocenters. The van der Waals surface area contributed by atoms with Crippen molar-refractivity contribution < 1.29 is 0 Å². The van der Waals surface area contributed by atoms with Gasteiger partial charge in [0, 0.05) is 17.8 Å². The van der Waals surface area contributed by atoms with Crippen molar-refractivity contribution in [3.8, 4) is 0 Å². The molecule has 0 aliphatic carbocycles. The van der Waals surface area contributed by atoms with E-state index in [4.69, 9.17) is 11.6 Å². The van der Waals surface area contributed by atoms with Crippen LogP contribution in [0.4, 0.5) is 0 Å². The Kier molecular flexibility index (Phi) is 5.06. The molecule has 2 heterocycles. The quantitative estimate of drug-likeness (QED) is 0.693. The third kappa shape index (κ3) is 3.52. The number of aromatic nitrogens is 4. The summed E-state index contributed by atoms with van der Waals surface area (Å²) >= 11 is 7.86. The van der Waals surface area contributed by atoms with Gasteiger partial charge in [-0.05, 0) is 17.5 Å². The summed E-state index contributed by atoms with van der Waals surface area (Å²) in [7, 11) is 1.60. The molecule has 8 heteroatoms. The van der Waals surface area contributed by atoms with E-state index in [1.165, 1.54) is 4.57 Å². The Balaban J connectivity index is 2.21. The third-order valence-corrected chi connectivity index (χ3v) is 5.58. The second-order valence-corrected chi connectivity index (χ2v) is 7.66. The number of aryl methyl sites for hydroxylation is 1. The van der Waals surface area contributed by atoms with Gasteiger partial charge in [0.25, 0.3) is 5.56 Å². The summed E-state index contributed by atoms with van der Waals surface area (Å²) in [5, 5.41) is 1.33. The van der Waals surface area contributed by atoms with Gasteiger partial charge in [-0.15, -0.1) is 0 Å². The zero-order valence-electron chi connectivity index (χ0n) is 14.2. The fourth-order valence-corrected chi connectivity index (χ4v) is 3.65. The maximum absolute atomic E-state index is 12.4. The van der Waals surface area contributed by atoms with Gasteiger partial charge in [0.1, 0.15) is 0 Å². The molecule has 25 heavy (non-hydrogen) atoms. The van der Waals surface area contributed by atoms with Crippen molar-refractivity contribution in [2.24, 2.45) is 13.0 Å². The van der Waals surface area contributed by atoms with E-state index in [1.54, 1.807) is 18.8 Å². The lowest BCUT2D eigenvalue weighted by Gasteiger charge is -2.10. The Hall–Kier alpha value is -1.99. The standard InChI is InChI=1S/C17H19ClN4O2S/c1-10(2)9-25-17-19-14-13(15(23)20-16(24)21(14)3)22(17)8-11-6-4-5-7-12(11)18/h4-7,10H,8-9H2,1-3H3,(H,20,23,24). The van der Waals surface area contributed by atoms with Crippen molar-refractivity contribution >= 4 is 34.5 Å². The van der Waals surface area contributed by atoms with Crippen molar-refractivity contribution in [2.75, 3.05) is 5.75 Å². The van der Waals surface area contributed by atoms with Gasteiger partial charge < -0.3 is 4.57 Å². The normalized spacial score (nSPS) is 11.6. The molecule has 1 aromatic carbocycles. The summed E-state index contributed by atoms with van der Waals surface area (Å²) in [6, 6.07) is 7.50. The van der Waals surface area contributed by atoms with Gasteiger partial charge in [-0.3, -0.25) is 14.3 Å². The molecule has 1 N–H and O–H groups in total. The smallest absolute Gasteiger partial charge is 0.309 e. The monoisotopic (exact) mass is 378 g/mol. The second kappa shape index (κ2) is 7.09. The van der Waals surface area contributed by atoms with Gasteiger partial charge in [-0.25, -0.2) is 9.78 Å². The fraction of sp³-hybridized carbons (Fsp3) is 0.353. The van der Waals surface area contributed by atoms with Gasteiger partial charge in [-0.2, -0.15) is 0 Å². The topological polar surface area (TPSA) is 72.7 Å². The van der Waals surface area contributed by atoms with E-state index < -0.39 is 11.2 Å². The molecular formula is C17H19ClN4O2S. The van der Waals surface area contributed by atoms with Crippen LogP contribution in [0.25, 0.3) is 11.2 Å². The van der Waals surface area contributed by atoms with E-state index in [2.05, 4.69) is 23.8 Å². The van der Waals surface area contributed by atoms with Crippen molar-refractivity contribution in [1.82, 2.24) is 19.1 Å². The van der Waals surface area contributed by atoms with Crippen LogP contribution in [0.15, 0.2) is 39.0 Å². The number of H-pyrrole nitrogens is 1. The molecular weight excluding hydrogens is 360 g/mol. The van der Waals surface area contributed by atoms with Crippen LogP contribution in [0.2, 0.25) is 5.02 Å². The molecule has 0 amide bonds. The number of hydrogen-bond acceptors (Lipinski definition) is 4. The molecule has 132 valence electrons. The largest absolute Gasteiger partial charge is 0.329 e. The summed E-state index contributed by atoms with van der Waals surface area (Å²) in [5.41, 5.74) is 0.748. The van der Waals surface area contributed by atoms with Crippen LogP contribution in [0.3, 0.4) is 0 Å². The van der Waals surface area contributed by atoms with E-state index in [0.29, 0.717) is 33.8 Å². The van der Waals surface area contributed by atoms with Crippen LogP contribution in [-0.2, 0) is 13.6 Å². The molecule has 2 aromatic heterocycles. The Morgan fingerprint density at radius 1 is 1.28 bits per heavy atom. The SMILES string of the molecule is CC(C)CSc1nc2c(c(=O)[nH]c(=O)n2C)n1Cc1ccccc1Cl. The number of halogens is 1. The van der Waals surface area contributed by atoms with Crippen molar-refractivity contribution in [1.29, 1.82) is 0 Å². The molecule has 0 aliphatic heterocycles. The number of imidazole rings is 1. The lowest BCUT2D eigenvalue weighted by atomic mass is 10.2. The number of thioether (sulfide) groups is 1.